The molecule has 0 aliphatic heterocycles. The van der Waals surface area contributed by atoms with E-state index < -0.39 is 0 Å². The Hall–Kier alpha value is -1.30. The summed E-state index contributed by atoms with van der Waals surface area (Å²) in [7, 11) is 1.59. The number of nitrogens with two attached hydrogens (primary N) is 1. The van der Waals surface area contributed by atoms with Gasteiger partial charge in [0.1, 0.15) is 6.61 Å². The predicted octanol–water partition coefficient (Wildman–Crippen LogP) is 3.27. The Labute approximate surface area is 127 Å². The fourth-order valence-electron chi connectivity index (χ4n) is 1.86. The summed E-state index contributed by atoms with van der Waals surface area (Å²) >= 11 is 7.80. The molecular formula is C14H17ClN2O2S. The quantitative estimate of drug-likeness (QED) is 0.889. The van der Waals surface area contributed by atoms with Crippen LogP contribution >= 0.6 is 22.9 Å². The first-order valence-corrected chi connectivity index (χ1v) is 7.54. The molecule has 0 radical (unpaired) electrons. The van der Waals surface area contributed by atoms with Crippen LogP contribution in [0.2, 0.25) is 5.02 Å². The molecule has 0 amide bonds. The summed E-state index contributed by atoms with van der Waals surface area (Å²) in [5, 5.41) is 2.46. The first-order valence-electron chi connectivity index (χ1n) is 6.22. The van der Waals surface area contributed by atoms with E-state index in [4.69, 9.17) is 26.8 Å². The van der Waals surface area contributed by atoms with Crippen LogP contribution in [0.15, 0.2) is 23.0 Å². The molecule has 20 heavy (non-hydrogen) atoms. The molecular weight excluding hydrogens is 296 g/mol. The van der Waals surface area contributed by atoms with Crippen LogP contribution in [0.5, 0.6) is 11.5 Å². The molecule has 0 aliphatic carbocycles. The Morgan fingerprint density at radius 1 is 1.45 bits per heavy atom. The van der Waals surface area contributed by atoms with E-state index >= 15 is 0 Å². The van der Waals surface area contributed by atoms with Crippen molar-refractivity contribution in [2.45, 2.75) is 26.0 Å². The van der Waals surface area contributed by atoms with Crippen molar-refractivity contribution < 1.29 is 9.47 Å². The highest BCUT2D eigenvalue weighted by atomic mass is 35.5. The van der Waals surface area contributed by atoms with E-state index in [0.717, 1.165) is 17.7 Å². The van der Waals surface area contributed by atoms with Gasteiger partial charge < -0.3 is 15.2 Å². The van der Waals surface area contributed by atoms with Crippen molar-refractivity contribution in [1.82, 2.24) is 4.98 Å². The first kappa shape index (κ1) is 15.1. The van der Waals surface area contributed by atoms with E-state index in [-0.39, 0.29) is 6.04 Å². The smallest absolute Gasteiger partial charge is 0.180 e. The third-order valence-electron chi connectivity index (χ3n) is 2.69. The zero-order valence-electron chi connectivity index (χ0n) is 11.4. The van der Waals surface area contributed by atoms with Gasteiger partial charge in [0, 0.05) is 11.4 Å². The monoisotopic (exact) mass is 312 g/mol. The van der Waals surface area contributed by atoms with E-state index in [9.17, 15) is 0 Å². The highest BCUT2D eigenvalue weighted by Crippen LogP contribution is 2.37. The molecule has 0 bridgehead atoms. The Bertz CT molecular complexity index is 559. The summed E-state index contributed by atoms with van der Waals surface area (Å²) in [6, 6.07) is 3.84. The topological polar surface area (TPSA) is 57.4 Å². The van der Waals surface area contributed by atoms with Gasteiger partial charge in [0.15, 0.2) is 11.5 Å². The van der Waals surface area contributed by atoms with Gasteiger partial charge in [-0.1, -0.05) is 11.6 Å². The number of thiazole rings is 1. The van der Waals surface area contributed by atoms with Crippen LogP contribution in [0.4, 0.5) is 0 Å². The highest BCUT2D eigenvalue weighted by molar-refractivity contribution is 7.07. The molecule has 2 aromatic rings. The Kier molecular flexibility index (Phi) is 5.23. The first-order chi connectivity index (χ1) is 9.60. The molecule has 1 aromatic heterocycles. The Morgan fingerprint density at radius 2 is 2.25 bits per heavy atom. The molecule has 2 N–H and O–H groups in total. The van der Waals surface area contributed by atoms with Crippen molar-refractivity contribution in [3.05, 3.63) is 39.3 Å². The Morgan fingerprint density at radius 3 is 2.85 bits per heavy atom. The molecule has 4 nitrogen and oxygen atoms in total. The van der Waals surface area contributed by atoms with Crippen LogP contribution < -0.4 is 15.2 Å². The fourth-order valence-corrected chi connectivity index (χ4v) is 2.69. The van der Waals surface area contributed by atoms with Gasteiger partial charge in [-0.3, -0.25) is 0 Å². The average Bonchev–Trinajstić information content (AvgIpc) is 2.89. The van der Waals surface area contributed by atoms with Crippen molar-refractivity contribution in [2.24, 2.45) is 5.73 Å². The molecule has 1 atom stereocenters. The maximum atomic E-state index is 6.27. The SMILES string of the molecule is COc1cc(CC(C)N)cc(Cl)c1OCc1cscn1. The summed E-state index contributed by atoms with van der Waals surface area (Å²) in [6.45, 7) is 2.32. The van der Waals surface area contributed by atoms with Crippen LogP contribution in [-0.2, 0) is 13.0 Å². The summed E-state index contributed by atoms with van der Waals surface area (Å²) in [4.78, 5) is 4.17. The minimum atomic E-state index is 0.0672. The molecule has 1 aromatic carbocycles. The zero-order chi connectivity index (χ0) is 14.5. The number of aromatic nitrogens is 1. The molecule has 108 valence electrons. The summed E-state index contributed by atoms with van der Waals surface area (Å²) in [5.41, 5.74) is 9.47. The van der Waals surface area contributed by atoms with Crippen LogP contribution in [0, 0.1) is 0 Å². The number of hydrogen-bond donors (Lipinski definition) is 1. The van der Waals surface area contributed by atoms with Crippen molar-refractivity contribution in [2.75, 3.05) is 7.11 Å². The molecule has 0 saturated heterocycles. The second kappa shape index (κ2) is 6.92. The summed E-state index contributed by atoms with van der Waals surface area (Å²) in [5.74, 6) is 1.15. The molecule has 2 rings (SSSR count). The maximum Gasteiger partial charge on any atom is 0.180 e. The van der Waals surface area contributed by atoms with E-state index in [2.05, 4.69) is 4.98 Å². The summed E-state index contributed by atoms with van der Waals surface area (Å²) in [6.07, 6.45) is 0.739. The maximum absolute atomic E-state index is 6.27. The number of methoxy groups -OCH3 is 1. The Balaban J connectivity index is 2.18. The number of halogens is 1. The minimum Gasteiger partial charge on any atom is -0.493 e. The standard InChI is InChI=1S/C14H17ClN2O2S/c1-9(16)3-10-4-12(15)14(13(5-10)18-2)19-6-11-7-20-8-17-11/h4-5,7-9H,3,6,16H2,1-2H3. The van der Waals surface area contributed by atoms with E-state index in [1.54, 1.807) is 12.6 Å². The highest BCUT2D eigenvalue weighted by Gasteiger charge is 2.13. The van der Waals surface area contributed by atoms with E-state index in [1.165, 1.54) is 11.3 Å². The zero-order valence-corrected chi connectivity index (χ0v) is 13.0. The second-order valence-electron chi connectivity index (χ2n) is 4.56. The van der Waals surface area contributed by atoms with Crippen molar-refractivity contribution in [1.29, 1.82) is 0 Å². The van der Waals surface area contributed by atoms with Gasteiger partial charge >= 0.3 is 0 Å². The molecule has 0 spiro atoms. The molecule has 1 heterocycles. The summed E-state index contributed by atoms with van der Waals surface area (Å²) < 4.78 is 11.1. The van der Waals surface area contributed by atoms with Crippen LogP contribution in [0.3, 0.4) is 0 Å². The fraction of sp³-hybridized carbons (Fsp3) is 0.357. The normalized spacial score (nSPS) is 12.2. The van der Waals surface area contributed by atoms with Crippen LogP contribution in [0.25, 0.3) is 0 Å². The van der Waals surface area contributed by atoms with Crippen LogP contribution in [0.1, 0.15) is 18.2 Å². The van der Waals surface area contributed by atoms with Gasteiger partial charge in [0.2, 0.25) is 0 Å². The number of benzene rings is 1. The minimum absolute atomic E-state index is 0.0672. The van der Waals surface area contributed by atoms with Crippen molar-refractivity contribution in [3.63, 3.8) is 0 Å². The number of hydrogen-bond acceptors (Lipinski definition) is 5. The predicted molar refractivity (Wildman–Crippen MR) is 81.8 cm³/mol. The molecule has 6 heteroatoms. The van der Waals surface area contributed by atoms with Gasteiger partial charge in [0.05, 0.1) is 23.3 Å². The molecule has 0 saturated carbocycles. The van der Waals surface area contributed by atoms with Gasteiger partial charge in [0.25, 0.3) is 0 Å². The van der Waals surface area contributed by atoms with E-state index in [0.29, 0.717) is 23.1 Å². The average molecular weight is 313 g/mol. The largest absolute Gasteiger partial charge is 0.493 e. The van der Waals surface area contributed by atoms with Crippen molar-refractivity contribution in [3.8, 4) is 11.5 Å². The van der Waals surface area contributed by atoms with Crippen molar-refractivity contribution >= 4 is 22.9 Å². The lowest BCUT2D eigenvalue weighted by molar-refractivity contribution is 0.281. The van der Waals surface area contributed by atoms with Gasteiger partial charge in [-0.25, -0.2) is 4.98 Å². The second-order valence-corrected chi connectivity index (χ2v) is 5.68. The van der Waals surface area contributed by atoms with Gasteiger partial charge in [-0.05, 0) is 31.0 Å². The third-order valence-corrected chi connectivity index (χ3v) is 3.61. The molecule has 1 unspecified atom stereocenters. The number of ether oxygens (including phenoxy) is 2. The third kappa shape index (κ3) is 3.85. The molecule has 0 aliphatic rings. The lowest BCUT2D eigenvalue weighted by Gasteiger charge is -2.14. The van der Waals surface area contributed by atoms with Crippen LogP contribution in [-0.4, -0.2) is 18.1 Å². The lowest BCUT2D eigenvalue weighted by Crippen LogP contribution is -2.17. The lowest BCUT2D eigenvalue weighted by atomic mass is 10.1. The van der Waals surface area contributed by atoms with Gasteiger partial charge in [-0.15, -0.1) is 11.3 Å². The van der Waals surface area contributed by atoms with E-state index in [1.807, 2.05) is 24.4 Å². The number of rotatable bonds is 6. The molecule has 0 fully saturated rings. The number of nitrogens with zero attached hydrogens (tertiary/aromatic N) is 1. The van der Waals surface area contributed by atoms with Gasteiger partial charge in [-0.2, -0.15) is 0 Å².